The number of nitrogens with zero attached hydrogens (tertiary/aromatic N) is 2. The summed E-state index contributed by atoms with van der Waals surface area (Å²) in [5.74, 6) is 0.380. The SMILES string of the molecule is Nc1ncnc2ccc(-c3ccc(C(=O)NC[C@H]4CCCO4)cc3)cc12. The summed E-state index contributed by atoms with van der Waals surface area (Å²) in [5, 5.41) is 3.76. The fourth-order valence-electron chi connectivity index (χ4n) is 3.18. The van der Waals surface area contributed by atoms with Crippen molar-refractivity contribution in [2.75, 3.05) is 18.9 Å². The fraction of sp³-hybridized carbons (Fsp3) is 0.250. The number of ether oxygens (including phenoxy) is 1. The van der Waals surface area contributed by atoms with Crippen LogP contribution in [0.1, 0.15) is 23.2 Å². The molecule has 26 heavy (non-hydrogen) atoms. The van der Waals surface area contributed by atoms with Crippen LogP contribution in [0, 0.1) is 0 Å². The molecule has 1 aliphatic heterocycles. The highest BCUT2D eigenvalue weighted by molar-refractivity contribution is 5.95. The Morgan fingerprint density at radius 2 is 1.96 bits per heavy atom. The number of carbonyl (C=O) groups is 1. The molecule has 1 aliphatic rings. The molecule has 0 unspecified atom stereocenters. The summed E-state index contributed by atoms with van der Waals surface area (Å²) < 4.78 is 5.53. The zero-order chi connectivity index (χ0) is 17.9. The lowest BCUT2D eigenvalue weighted by atomic mass is 10.0. The van der Waals surface area contributed by atoms with Crippen LogP contribution in [0.5, 0.6) is 0 Å². The molecule has 0 radical (unpaired) electrons. The van der Waals surface area contributed by atoms with Gasteiger partial charge in [-0.2, -0.15) is 0 Å². The van der Waals surface area contributed by atoms with Crippen molar-refractivity contribution in [1.82, 2.24) is 15.3 Å². The van der Waals surface area contributed by atoms with Crippen molar-refractivity contribution in [3.8, 4) is 11.1 Å². The van der Waals surface area contributed by atoms with Gasteiger partial charge in [0, 0.05) is 24.1 Å². The van der Waals surface area contributed by atoms with Gasteiger partial charge in [-0.3, -0.25) is 4.79 Å². The highest BCUT2D eigenvalue weighted by atomic mass is 16.5. The molecule has 6 nitrogen and oxygen atoms in total. The van der Waals surface area contributed by atoms with E-state index in [1.54, 1.807) is 0 Å². The van der Waals surface area contributed by atoms with E-state index in [-0.39, 0.29) is 12.0 Å². The van der Waals surface area contributed by atoms with Crippen LogP contribution in [0.25, 0.3) is 22.0 Å². The lowest BCUT2D eigenvalue weighted by molar-refractivity contribution is 0.0858. The maximum atomic E-state index is 12.3. The summed E-state index contributed by atoms with van der Waals surface area (Å²) in [6.07, 6.45) is 3.68. The van der Waals surface area contributed by atoms with Crippen LogP contribution in [0.15, 0.2) is 48.8 Å². The molecule has 132 valence electrons. The van der Waals surface area contributed by atoms with Gasteiger partial charge in [-0.05, 0) is 48.2 Å². The lowest BCUT2D eigenvalue weighted by Gasteiger charge is -2.11. The van der Waals surface area contributed by atoms with Crippen molar-refractivity contribution in [3.05, 3.63) is 54.4 Å². The third kappa shape index (κ3) is 3.36. The van der Waals surface area contributed by atoms with Gasteiger partial charge >= 0.3 is 0 Å². The second-order valence-electron chi connectivity index (χ2n) is 6.41. The van der Waals surface area contributed by atoms with Crippen LogP contribution in [0.2, 0.25) is 0 Å². The van der Waals surface area contributed by atoms with Gasteiger partial charge < -0.3 is 15.8 Å². The van der Waals surface area contributed by atoms with Crippen LogP contribution in [0.3, 0.4) is 0 Å². The second kappa shape index (κ2) is 7.09. The van der Waals surface area contributed by atoms with Crippen molar-refractivity contribution in [2.45, 2.75) is 18.9 Å². The lowest BCUT2D eigenvalue weighted by Crippen LogP contribution is -2.31. The monoisotopic (exact) mass is 348 g/mol. The molecule has 0 saturated carbocycles. The van der Waals surface area contributed by atoms with Crippen LogP contribution < -0.4 is 11.1 Å². The van der Waals surface area contributed by atoms with Crippen LogP contribution in [-0.4, -0.2) is 35.1 Å². The van der Waals surface area contributed by atoms with E-state index in [0.717, 1.165) is 41.5 Å². The van der Waals surface area contributed by atoms with E-state index in [9.17, 15) is 4.79 Å². The molecule has 1 aromatic heterocycles. The Kier molecular flexibility index (Phi) is 4.50. The number of anilines is 1. The summed E-state index contributed by atoms with van der Waals surface area (Å²) in [6, 6.07) is 13.4. The third-order valence-electron chi connectivity index (χ3n) is 4.66. The maximum Gasteiger partial charge on any atom is 0.251 e. The smallest absolute Gasteiger partial charge is 0.251 e. The van der Waals surface area contributed by atoms with Gasteiger partial charge in [0.15, 0.2) is 0 Å². The summed E-state index contributed by atoms with van der Waals surface area (Å²) in [5.41, 5.74) is 9.39. The first kappa shape index (κ1) is 16.5. The number of carbonyl (C=O) groups excluding carboxylic acids is 1. The summed E-state index contributed by atoms with van der Waals surface area (Å²) in [4.78, 5) is 20.5. The number of hydrogen-bond acceptors (Lipinski definition) is 5. The molecule has 1 atom stereocenters. The number of amides is 1. The van der Waals surface area contributed by atoms with Crippen LogP contribution in [0.4, 0.5) is 5.82 Å². The first-order valence-corrected chi connectivity index (χ1v) is 8.71. The van der Waals surface area contributed by atoms with E-state index in [4.69, 9.17) is 10.5 Å². The number of aromatic nitrogens is 2. The Morgan fingerprint density at radius 1 is 1.15 bits per heavy atom. The molecule has 6 heteroatoms. The minimum absolute atomic E-state index is 0.0804. The second-order valence-corrected chi connectivity index (χ2v) is 6.41. The number of nitrogens with two attached hydrogens (primary N) is 1. The summed E-state index contributed by atoms with van der Waals surface area (Å²) in [6.45, 7) is 1.35. The Labute approximate surface area is 151 Å². The predicted octanol–water partition coefficient (Wildman–Crippen LogP) is 2.79. The number of benzene rings is 2. The Morgan fingerprint density at radius 3 is 2.73 bits per heavy atom. The van der Waals surface area contributed by atoms with Crippen LogP contribution >= 0.6 is 0 Å². The third-order valence-corrected chi connectivity index (χ3v) is 4.66. The molecule has 0 aliphatic carbocycles. The van der Waals surface area contributed by atoms with Gasteiger partial charge in [0.05, 0.1) is 11.6 Å². The zero-order valence-electron chi connectivity index (χ0n) is 14.3. The Bertz CT molecular complexity index is 934. The molecule has 3 aromatic rings. The van der Waals surface area contributed by atoms with E-state index in [2.05, 4.69) is 15.3 Å². The van der Waals surface area contributed by atoms with Gasteiger partial charge in [-0.25, -0.2) is 9.97 Å². The fourth-order valence-corrected chi connectivity index (χ4v) is 3.18. The van der Waals surface area contributed by atoms with E-state index in [1.165, 1.54) is 6.33 Å². The highest BCUT2D eigenvalue weighted by Gasteiger charge is 2.16. The first-order chi connectivity index (χ1) is 12.7. The maximum absolute atomic E-state index is 12.3. The van der Waals surface area contributed by atoms with Crippen molar-refractivity contribution in [3.63, 3.8) is 0 Å². The van der Waals surface area contributed by atoms with Gasteiger partial charge in [0.1, 0.15) is 12.1 Å². The minimum atomic E-state index is -0.0804. The predicted molar refractivity (Wildman–Crippen MR) is 101 cm³/mol. The molecule has 2 aromatic carbocycles. The van der Waals surface area contributed by atoms with E-state index in [1.807, 2.05) is 42.5 Å². The summed E-state index contributed by atoms with van der Waals surface area (Å²) in [7, 11) is 0. The van der Waals surface area contributed by atoms with E-state index < -0.39 is 0 Å². The van der Waals surface area contributed by atoms with E-state index in [0.29, 0.717) is 17.9 Å². The van der Waals surface area contributed by atoms with Gasteiger partial charge in [-0.1, -0.05) is 18.2 Å². The molecule has 4 rings (SSSR count). The molecule has 2 heterocycles. The molecular weight excluding hydrogens is 328 g/mol. The number of nitrogens with one attached hydrogen (secondary N) is 1. The Balaban J connectivity index is 1.50. The minimum Gasteiger partial charge on any atom is -0.383 e. The molecule has 1 saturated heterocycles. The normalized spacial score (nSPS) is 16.7. The van der Waals surface area contributed by atoms with Crippen molar-refractivity contribution in [2.24, 2.45) is 0 Å². The average Bonchev–Trinajstić information content (AvgIpc) is 3.20. The topological polar surface area (TPSA) is 90.1 Å². The molecule has 0 spiro atoms. The number of nitrogen functional groups attached to an aromatic ring is 1. The number of rotatable bonds is 4. The quantitative estimate of drug-likeness (QED) is 0.757. The molecule has 0 bridgehead atoms. The highest BCUT2D eigenvalue weighted by Crippen LogP contribution is 2.26. The molecule has 1 amide bonds. The number of fused-ring (bicyclic) bond motifs is 1. The summed E-state index contributed by atoms with van der Waals surface area (Å²) >= 11 is 0. The van der Waals surface area contributed by atoms with Crippen molar-refractivity contribution < 1.29 is 9.53 Å². The van der Waals surface area contributed by atoms with Gasteiger partial charge in [0.25, 0.3) is 5.91 Å². The Hall–Kier alpha value is -2.99. The molecule has 1 fully saturated rings. The molecule has 3 N–H and O–H groups in total. The van der Waals surface area contributed by atoms with E-state index >= 15 is 0 Å². The number of hydrogen-bond donors (Lipinski definition) is 2. The largest absolute Gasteiger partial charge is 0.383 e. The van der Waals surface area contributed by atoms with Gasteiger partial charge in [-0.15, -0.1) is 0 Å². The standard InChI is InChI=1S/C20H20N4O2/c21-19-17-10-15(7-8-18(17)23-12-24-19)13-3-5-14(6-4-13)20(25)22-11-16-2-1-9-26-16/h3-8,10,12,16H,1-2,9,11H2,(H,22,25)(H2,21,23,24)/t16-/m1/s1. The van der Waals surface area contributed by atoms with Crippen molar-refractivity contribution in [1.29, 1.82) is 0 Å². The zero-order valence-corrected chi connectivity index (χ0v) is 14.3. The first-order valence-electron chi connectivity index (χ1n) is 8.71. The molecular formula is C20H20N4O2. The average molecular weight is 348 g/mol. The van der Waals surface area contributed by atoms with Gasteiger partial charge in [0.2, 0.25) is 0 Å². The van der Waals surface area contributed by atoms with Crippen molar-refractivity contribution >= 4 is 22.6 Å². The van der Waals surface area contributed by atoms with Crippen LogP contribution in [-0.2, 0) is 4.74 Å².